The van der Waals surface area contributed by atoms with Crippen molar-refractivity contribution in [2.75, 3.05) is 44.7 Å². The molecule has 6 rings (SSSR count). The highest BCUT2D eigenvalue weighted by Gasteiger charge is 2.49. The lowest BCUT2D eigenvalue weighted by atomic mass is 9.70. The highest BCUT2D eigenvalue weighted by Crippen LogP contribution is 2.47. The van der Waals surface area contributed by atoms with Gasteiger partial charge in [0.15, 0.2) is 5.78 Å². The number of likely N-dealkylation sites (tertiary alicyclic amines) is 1. The maximum absolute atomic E-state index is 14.4. The topological polar surface area (TPSA) is 112 Å². The van der Waals surface area contributed by atoms with E-state index in [-0.39, 0.29) is 30.3 Å². The molecule has 0 bridgehead atoms. The fourth-order valence-corrected chi connectivity index (χ4v) is 7.21. The van der Waals surface area contributed by atoms with Gasteiger partial charge in [0, 0.05) is 36.7 Å². The number of nitriles is 1. The van der Waals surface area contributed by atoms with E-state index in [0.29, 0.717) is 44.2 Å². The molecular formula is C33H42N6O4. The van der Waals surface area contributed by atoms with Gasteiger partial charge in [-0.2, -0.15) is 15.2 Å². The molecule has 1 aromatic heterocycles. The van der Waals surface area contributed by atoms with Crippen molar-refractivity contribution in [2.24, 2.45) is 5.41 Å². The second kappa shape index (κ2) is 11.4. The molecule has 4 aliphatic rings. The fraction of sp³-hybridized carbons (Fsp3) is 0.606. The zero-order chi connectivity index (χ0) is 30.4. The molecule has 10 heteroatoms. The molecule has 43 heavy (non-hydrogen) atoms. The highest BCUT2D eigenvalue weighted by molar-refractivity contribution is 6.03. The number of carbonyl (C=O) groups excluding carboxylic acids is 2. The van der Waals surface area contributed by atoms with Gasteiger partial charge in [-0.1, -0.05) is 24.3 Å². The molecule has 1 amide bonds. The quantitative estimate of drug-likeness (QED) is 0.509. The first-order chi connectivity index (χ1) is 20.6. The Morgan fingerprint density at radius 3 is 2.51 bits per heavy atom. The van der Waals surface area contributed by atoms with Crippen molar-refractivity contribution in [3.8, 4) is 12.1 Å². The van der Waals surface area contributed by atoms with Crippen LogP contribution in [0.5, 0.6) is 6.01 Å². The molecule has 2 fully saturated rings. The molecule has 2 atom stereocenters. The Morgan fingerprint density at radius 2 is 1.86 bits per heavy atom. The molecule has 3 heterocycles. The zero-order valence-corrected chi connectivity index (χ0v) is 25.8. The number of hydrogen-bond acceptors (Lipinski definition) is 9. The van der Waals surface area contributed by atoms with Crippen molar-refractivity contribution in [1.29, 1.82) is 5.26 Å². The minimum Gasteiger partial charge on any atom is -0.462 e. The van der Waals surface area contributed by atoms with Gasteiger partial charge in [-0.3, -0.25) is 4.79 Å². The first kappa shape index (κ1) is 29.4. The molecule has 1 spiro atoms. The SMILES string of the molecule is CN1CCC[C@H]1COc1nc2c(c(N3CCN(C(=O)OC(C)(C)C)[C@@H](CC#N)C3)n1)CCC1(Cc3ccccc3C1)C2=O. The van der Waals surface area contributed by atoms with Crippen LogP contribution in [0.25, 0.3) is 0 Å². The number of rotatable bonds is 5. The average Bonchev–Trinajstić information content (AvgIpc) is 3.56. The molecule has 228 valence electrons. The van der Waals surface area contributed by atoms with Crippen LogP contribution in [0, 0.1) is 16.7 Å². The number of aromatic nitrogens is 2. The third kappa shape index (κ3) is 5.79. The van der Waals surface area contributed by atoms with Gasteiger partial charge >= 0.3 is 12.1 Å². The Labute approximate surface area is 254 Å². The Balaban J connectivity index is 1.32. The molecule has 1 aromatic carbocycles. The summed E-state index contributed by atoms with van der Waals surface area (Å²) < 4.78 is 11.9. The van der Waals surface area contributed by atoms with E-state index in [9.17, 15) is 14.9 Å². The summed E-state index contributed by atoms with van der Waals surface area (Å²) in [5.41, 5.74) is 2.67. The molecule has 2 saturated heterocycles. The number of carbonyl (C=O) groups is 2. The number of hydrogen-bond donors (Lipinski definition) is 0. The normalized spacial score (nSPS) is 23.2. The number of anilines is 1. The monoisotopic (exact) mass is 586 g/mol. The van der Waals surface area contributed by atoms with E-state index in [1.54, 1.807) is 4.90 Å². The van der Waals surface area contributed by atoms with E-state index >= 15 is 0 Å². The van der Waals surface area contributed by atoms with Crippen molar-refractivity contribution in [1.82, 2.24) is 19.8 Å². The molecule has 0 N–H and O–H groups in total. The average molecular weight is 587 g/mol. The number of amides is 1. The van der Waals surface area contributed by atoms with Gasteiger partial charge in [-0.25, -0.2) is 4.79 Å². The van der Waals surface area contributed by atoms with Crippen LogP contribution in [-0.4, -0.2) is 89.2 Å². The zero-order valence-electron chi connectivity index (χ0n) is 25.8. The van der Waals surface area contributed by atoms with E-state index in [0.717, 1.165) is 44.2 Å². The lowest BCUT2D eigenvalue weighted by Gasteiger charge is -2.42. The lowest BCUT2D eigenvalue weighted by molar-refractivity contribution is 0.0144. The Bertz CT molecular complexity index is 1420. The van der Waals surface area contributed by atoms with Gasteiger partial charge in [0.1, 0.15) is 23.7 Å². The summed E-state index contributed by atoms with van der Waals surface area (Å²) >= 11 is 0. The van der Waals surface area contributed by atoms with Gasteiger partial charge in [-0.05, 0) is 84.0 Å². The summed E-state index contributed by atoms with van der Waals surface area (Å²) in [6.45, 7) is 8.31. The van der Waals surface area contributed by atoms with E-state index < -0.39 is 17.1 Å². The molecule has 2 aliphatic carbocycles. The number of nitrogens with zero attached hydrogens (tertiary/aromatic N) is 6. The molecule has 10 nitrogen and oxygen atoms in total. The summed E-state index contributed by atoms with van der Waals surface area (Å²) in [5, 5.41) is 9.62. The third-order valence-electron chi connectivity index (χ3n) is 9.50. The summed E-state index contributed by atoms with van der Waals surface area (Å²) in [5.74, 6) is 0.752. The van der Waals surface area contributed by atoms with Crippen molar-refractivity contribution < 1.29 is 19.1 Å². The lowest BCUT2D eigenvalue weighted by Crippen LogP contribution is -2.56. The molecule has 2 aromatic rings. The maximum atomic E-state index is 14.4. The number of fused-ring (bicyclic) bond motifs is 2. The van der Waals surface area contributed by atoms with Gasteiger partial charge in [-0.15, -0.1) is 0 Å². The van der Waals surface area contributed by atoms with Gasteiger partial charge in [0.05, 0.1) is 18.5 Å². The summed E-state index contributed by atoms with van der Waals surface area (Å²) in [4.78, 5) is 43.1. The predicted molar refractivity (Wildman–Crippen MR) is 161 cm³/mol. The van der Waals surface area contributed by atoms with Crippen LogP contribution in [0.3, 0.4) is 0 Å². The minimum atomic E-state index is -0.632. The van der Waals surface area contributed by atoms with E-state index in [4.69, 9.17) is 19.4 Å². The van der Waals surface area contributed by atoms with E-state index in [1.807, 2.05) is 32.9 Å². The third-order valence-corrected chi connectivity index (χ3v) is 9.50. The molecular weight excluding hydrogens is 544 g/mol. The Hall–Kier alpha value is -3.71. The fourth-order valence-electron chi connectivity index (χ4n) is 7.21. The minimum absolute atomic E-state index is 0.0670. The van der Waals surface area contributed by atoms with Crippen LogP contribution < -0.4 is 9.64 Å². The standard InChI is InChI=1S/C33H42N6O4/c1-32(2,3)43-31(41)39-17-16-38(20-24(39)12-14-34)29-26-11-13-33(18-22-8-5-6-9-23(22)19-33)28(40)27(26)35-30(36-29)42-21-25-10-7-15-37(25)4/h5-6,8-9,24-25H,7,10-13,15-21H2,1-4H3/t24-,25-/m0/s1. The van der Waals surface area contributed by atoms with Crippen LogP contribution in [-0.2, 0) is 24.0 Å². The Kier molecular flexibility index (Phi) is 7.80. The predicted octanol–water partition coefficient (Wildman–Crippen LogP) is 4.20. The number of piperazine rings is 1. The molecule has 0 unspecified atom stereocenters. The maximum Gasteiger partial charge on any atom is 0.410 e. The van der Waals surface area contributed by atoms with Crippen LogP contribution in [0.2, 0.25) is 0 Å². The van der Waals surface area contributed by atoms with Crippen LogP contribution in [0.1, 0.15) is 73.6 Å². The highest BCUT2D eigenvalue weighted by atomic mass is 16.6. The summed E-state index contributed by atoms with van der Waals surface area (Å²) in [6.07, 6.45) is 4.80. The summed E-state index contributed by atoms with van der Waals surface area (Å²) in [6, 6.07) is 10.7. The van der Waals surface area contributed by atoms with Crippen molar-refractivity contribution in [3.63, 3.8) is 0 Å². The summed E-state index contributed by atoms with van der Waals surface area (Å²) in [7, 11) is 2.10. The van der Waals surface area contributed by atoms with Crippen molar-refractivity contribution >= 4 is 17.7 Å². The van der Waals surface area contributed by atoms with Crippen molar-refractivity contribution in [2.45, 2.75) is 83.4 Å². The van der Waals surface area contributed by atoms with Gasteiger partial charge in [0.25, 0.3) is 0 Å². The van der Waals surface area contributed by atoms with Crippen LogP contribution in [0.15, 0.2) is 24.3 Å². The molecule has 2 aliphatic heterocycles. The van der Waals surface area contributed by atoms with E-state index in [2.05, 4.69) is 35.0 Å². The van der Waals surface area contributed by atoms with Crippen LogP contribution in [0.4, 0.5) is 10.6 Å². The van der Waals surface area contributed by atoms with Crippen LogP contribution >= 0.6 is 0 Å². The second-order valence-electron chi connectivity index (χ2n) is 13.6. The molecule has 0 radical (unpaired) electrons. The number of ketones is 1. The number of ether oxygens (including phenoxy) is 2. The first-order valence-corrected chi connectivity index (χ1v) is 15.5. The smallest absolute Gasteiger partial charge is 0.410 e. The second-order valence-corrected chi connectivity index (χ2v) is 13.6. The number of Topliss-reactive ketones (excluding diaryl/α,β-unsaturated/α-hetero) is 1. The van der Waals surface area contributed by atoms with Gasteiger partial charge < -0.3 is 24.2 Å². The largest absolute Gasteiger partial charge is 0.462 e. The van der Waals surface area contributed by atoms with Crippen molar-refractivity contribution in [3.05, 3.63) is 46.6 Å². The molecule has 0 saturated carbocycles. The number of benzene rings is 1. The first-order valence-electron chi connectivity index (χ1n) is 15.5. The Morgan fingerprint density at radius 1 is 1.12 bits per heavy atom. The van der Waals surface area contributed by atoms with E-state index in [1.165, 1.54) is 11.1 Å². The van der Waals surface area contributed by atoms with Gasteiger partial charge in [0.2, 0.25) is 0 Å². The number of likely N-dealkylation sites (N-methyl/N-ethyl adjacent to an activating group) is 1.